The smallest absolute Gasteiger partial charge is 0.429 e. The molecule has 0 amide bonds. The van der Waals surface area contributed by atoms with Gasteiger partial charge in [0.25, 0.3) is 0 Å². The molecule has 0 rings (SSSR count). The highest BCUT2D eigenvalue weighted by Crippen LogP contribution is 2.49. The number of hydrogen-bond donors (Lipinski definition) is 8. The van der Waals surface area contributed by atoms with E-state index in [1.54, 1.807) is 7.05 Å². The van der Waals surface area contributed by atoms with E-state index in [0.29, 0.717) is 25.0 Å². The molecule has 0 bridgehead atoms. The minimum Gasteiger partial charge on any atom is -0.429 e. The van der Waals surface area contributed by atoms with E-state index in [2.05, 4.69) is 91.3 Å². The van der Waals surface area contributed by atoms with Crippen LogP contribution in [-0.2, 0) is 132 Å². The van der Waals surface area contributed by atoms with Gasteiger partial charge in [-0.15, -0.1) is 0 Å². The van der Waals surface area contributed by atoms with Crippen molar-refractivity contribution in [2.75, 3.05) is 99.7 Å². The van der Waals surface area contributed by atoms with Crippen molar-refractivity contribution in [3.8, 4) is 0 Å². The van der Waals surface area contributed by atoms with Crippen LogP contribution in [0.5, 0.6) is 0 Å². The van der Waals surface area contributed by atoms with Crippen LogP contribution in [0.15, 0.2) is 25.0 Å². The molecular weight excluding hydrogens is 1020 g/mol. The van der Waals surface area contributed by atoms with Gasteiger partial charge in [-0.2, -0.15) is 0 Å². The molecule has 0 heterocycles. The lowest BCUT2D eigenvalue weighted by Crippen LogP contribution is -2.21. The van der Waals surface area contributed by atoms with Crippen LogP contribution in [0.3, 0.4) is 0 Å². The first kappa shape index (κ1) is 63.0. The van der Waals surface area contributed by atoms with Crippen molar-refractivity contribution >= 4 is 46.7 Å². The average Bonchev–Trinajstić information content (AvgIpc) is 3.20. The molecule has 8 N–H and O–H groups in total. The fourth-order valence-electron chi connectivity index (χ4n) is 2.92. The van der Waals surface area contributed by atoms with Crippen molar-refractivity contribution in [3.63, 3.8) is 0 Å². The molecule has 0 aliphatic heterocycles. The minimum atomic E-state index is -5.01. The number of hydrogen-bond acceptors (Lipinski definition) is 30. The maximum absolute atomic E-state index is 12.6. The largest absolute Gasteiger partial charge is 0.527 e. The fraction of sp³-hybridized carbons (Fsp3) is 0.818. The molecule has 7 atom stereocenters. The van der Waals surface area contributed by atoms with E-state index in [-0.39, 0.29) is 26.2 Å². The van der Waals surface area contributed by atoms with Gasteiger partial charge in [0, 0.05) is 33.4 Å². The van der Waals surface area contributed by atoms with Gasteiger partial charge in [-0.25, -0.2) is 37.2 Å². The van der Waals surface area contributed by atoms with Crippen molar-refractivity contribution in [2.24, 2.45) is 0 Å². The second kappa shape index (κ2) is 36.1. The van der Waals surface area contributed by atoms with Gasteiger partial charge in [-0.05, 0) is 30.0 Å². The zero-order valence-electron chi connectivity index (χ0n) is 33.2. The Labute approximate surface area is 361 Å². The monoisotopic (exact) mass is 1070 g/mol. The first-order valence-electron chi connectivity index (χ1n) is 16.9. The molecule has 0 aromatic heterocycles. The Bertz CT molecular complexity index is 1550. The number of nitrogens with one attached hydrogen (secondary N) is 1. The van der Waals surface area contributed by atoms with Gasteiger partial charge < -0.3 is 53.1 Å². The zero-order chi connectivity index (χ0) is 48.3. The average molecular weight is 1070 g/mol. The summed E-state index contributed by atoms with van der Waals surface area (Å²) >= 11 is 0. The molecule has 382 valence electrons. The number of ether oxygens (including phenoxy) is 1. The van der Waals surface area contributed by atoms with Crippen LogP contribution in [0.4, 0.5) is 0 Å². The maximum atomic E-state index is 12.6. The van der Waals surface area contributed by atoms with Gasteiger partial charge in [0.05, 0.1) is 72.3 Å². The Kier molecular flexibility index (Phi) is 35.5. The second-order valence-electron chi connectivity index (χ2n) is 10.3. The molecule has 0 radical (unpaired) electrons. The first-order chi connectivity index (χ1) is 30.0. The lowest BCUT2D eigenvalue weighted by atomic mass is 10.2. The van der Waals surface area contributed by atoms with Crippen molar-refractivity contribution in [3.05, 3.63) is 25.0 Å². The van der Waals surface area contributed by atoms with Crippen LogP contribution in [0.2, 0.25) is 0 Å². The van der Waals surface area contributed by atoms with Gasteiger partial charge in [0.1, 0.15) is 25.7 Å². The molecule has 0 fully saturated rings. The third kappa shape index (κ3) is 42.4. The van der Waals surface area contributed by atoms with Crippen LogP contribution >= 0.6 is 46.7 Å². The van der Waals surface area contributed by atoms with Gasteiger partial charge >= 0.3 is 46.7 Å². The molecule has 0 aliphatic carbocycles. The van der Waals surface area contributed by atoms with E-state index in [1.807, 2.05) is 0 Å². The Morgan fingerprint density at radius 3 is 1.42 bits per heavy atom. The number of rotatable bonds is 46. The highest BCUT2D eigenvalue weighted by Gasteiger charge is 2.31. The van der Waals surface area contributed by atoms with Gasteiger partial charge in [0.15, 0.2) is 12.5 Å². The van der Waals surface area contributed by atoms with Crippen LogP contribution in [-0.4, -0.2) is 140 Å². The lowest BCUT2D eigenvalue weighted by Gasteiger charge is -2.22. The third-order valence-corrected chi connectivity index (χ3v) is 10.6. The van der Waals surface area contributed by atoms with Crippen molar-refractivity contribution in [2.45, 2.75) is 18.9 Å². The van der Waals surface area contributed by atoms with Gasteiger partial charge in [-0.3, -0.25) is 50.9 Å². The van der Waals surface area contributed by atoms with E-state index >= 15 is 0 Å². The highest BCUT2D eigenvalue weighted by atomic mass is 31.2. The molecule has 7 unspecified atom stereocenters. The van der Waals surface area contributed by atoms with Crippen molar-refractivity contribution in [1.82, 2.24) is 5.32 Å². The molecule has 64 heavy (non-hydrogen) atoms. The maximum Gasteiger partial charge on any atom is 0.527 e. The van der Waals surface area contributed by atoms with Crippen LogP contribution in [0.1, 0.15) is 12.8 Å². The van der Waals surface area contributed by atoms with E-state index in [4.69, 9.17) is 28.3 Å². The molecule has 0 spiro atoms. The summed E-state index contributed by atoms with van der Waals surface area (Å²) in [5.74, 6) is 0. The lowest BCUT2D eigenvalue weighted by molar-refractivity contribution is -0.700. The summed E-state index contributed by atoms with van der Waals surface area (Å²) in [6.07, 6.45) is 0.832. The molecule has 36 nitrogen and oxygen atoms in total. The van der Waals surface area contributed by atoms with Gasteiger partial charge in [-0.1, -0.05) is 0 Å². The van der Waals surface area contributed by atoms with Crippen molar-refractivity contribution < 1.29 is 166 Å². The molecular formula is C22H49NO35P6. The fourth-order valence-corrected chi connectivity index (χ4v) is 6.79. The number of phosphoric acid groups is 5. The van der Waals surface area contributed by atoms with E-state index in [9.17, 15) is 51.9 Å². The van der Waals surface area contributed by atoms with E-state index in [0.717, 1.165) is 6.66 Å². The SMILES string of the molecule is CNCOCCCC(COP(=O)(O)OCCOP(=O)(O)O/C=C/OOOOOCCOP(=O)(O)OCCO)OP(=O)(O)OCCOP(=O)(O)OCCOOOOO/C=C/OP(C)(=O)O. The molecule has 0 saturated carbocycles. The summed E-state index contributed by atoms with van der Waals surface area (Å²) in [5.41, 5.74) is 0. The predicted octanol–water partition coefficient (Wildman–Crippen LogP) is 1.25. The second-order valence-corrected chi connectivity index (χ2v) is 19.3. The predicted molar refractivity (Wildman–Crippen MR) is 195 cm³/mol. The van der Waals surface area contributed by atoms with Gasteiger partial charge in [0.2, 0.25) is 0 Å². The Hall–Kier alpha value is -0.980. The van der Waals surface area contributed by atoms with E-state index in [1.165, 1.54) is 0 Å². The Morgan fingerprint density at radius 2 is 0.938 bits per heavy atom. The summed E-state index contributed by atoms with van der Waals surface area (Å²) in [5, 5.41) is 34.8. The Morgan fingerprint density at radius 1 is 0.500 bits per heavy atom. The summed E-state index contributed by atoms with van der Waals surface area (Å²) in [4.78, 5) is 74.6. The van der Waals surface area contributed by atoms with Crippen LogP contribution < -0.4 is 5.32 Å². The number of aliphatic hydroxyl groups excluding tert-OH is 1. The Balaban J connectivity index is 4.53. The van der Waals surface area contributed by atoms with Crippen molar-refractivity contribution in [1.29, 1.82) is 0 Å². The number of aliphatic hydroxyl groups is 1. The number of phosphoric ester groups is 5. The first-order valence-corrected chi connectivity index (χ1v) is 26.4. The molecule has 42 heteroatoms. The standard InChI is InChI=1S/C22H49NO35P6/c1-23-21-37-6-3-4-22(52-64(35,36)50-19-18-48-62(31,32)46-15-11-40-54-57-53-38-8-12-42-59(2,25)26)20-51-63(33,34)49-17-16-47-61(29,30)45-14-10-41-56-58-55-39-9-13-44-60(27,28)43-7-5-24/h8,10,12,14,22-24H,3-7,9,11,13,15-21H2,1-2H3,(H,25,26)(H,27,28)(H,29,30)(H,31,32)(H,33,34)(H,35,36)/b12-8+,14-10+. The molecule has 0 aromatic carbocycles. The third-order valence-electron chi connectivity index (χ3n) is 5.10. The molecule has 0 aliphatic rings. The van der Waals surface area contributed by atoms with E-state index < -0.39 is 125 Å². The van der Waals surface area contributed by atoms with Crippen LogP contribution in [0, 0.1) is 0 Å². The minimum absolute atomic E-state index is 0.0906. The molecule has 0 aromatic rings. The topological polar surface area (TPSA) is 459 Å². The quantitative estimate of drug-likeness (QED) is 0.0106. The van der Waals surface area contributed by atoms with Crippen LogP contribution in [0.25, 0.3) is 0 Å². The summed E-state index contributed by atoms with van der Waals surface area (Å²) in [6, 6.07) is 0. The summed E-state index contributed by atoms with van der Waals surface area (Å²) < 4.78 is 126. The zero-order valence-corrected chi connectivity index (χ0v) is 38.6. The summed E-state index contributed by atoms with van der Waals surface area (Å²) in [6.45, 7) is -6.19. The highest BCUT2D eigenvalue weighted by molar-refractivity contribution is 7.52. The molecule has 0 saturated heterocycles. The normalized spacial score (nSPS) is 18.3. The summed E-state index contributed by atoms with van der Waals surface area (Å²) in [7, 11) is -26.2.